The highest BCUT2D eigenvalue weighted by Crippen LogP contribution is 2.25. The van der Waals surface area contributed by atoms with Gasteiger partial charge in [0.15, 0.2) is 0 Å². The van der Waals surface area contributed by atoms with Gasteiger partial charge in [-0.05, 0) is 73.7 Å². The van der Waals surface area contributed by atoms with Crippen molar-refractivity contribution >= 4 is 23.4 Å². The summed E-state index contributed by atoms with van der Waals surface area (Å²) < 4.78 is 14.3. The van der Waals surface area contributed by atoms with Crippen LogP contribution in [0, 0.1) is 12.7 Å². The number of nitrogens with zero attached hydrogens (tertiary/aromatic N) is 2. The van der Waals surface area contributed by atoms with Crippen LogP contribution in [0.4, 0.5) is 10.1 Å². The topological polar surface area (TPSA) is 64.0 Å². The zero-order valence-corrected chi connectivity index (χ0v) is 17.4. The van der Waals surface area contributed by atoms with Gasteiger partial charge in [0.1, 0.15) is 10.8 Å². The highest BCUT2D eigenvalue weighted by molar-refractivity contribution is 7.99. The molecule has 1 aromatic heterocycles. The Balaban J connectivity index is 1.52. The highest BCUT2D eigenvalue weighted by atomic mass is 32.2. The van der Waals surface area contributed by atoms with Crippen LogP contribution in [0.15, 0.2) is 99.6 Å². The van der Waals surface area contributed by atoms with Gasteiger partial charge in [0, 0.05) is 22.2 Å². The minimum atomic E-state index is -0.372. The van der Waals surface area contributed by atoms with E-state index in [2.05, 4.69) is 10.4 Å². The third-order valence-electron chi connectivity index (χ3n) is 4.50. The fourth-order valence-corrected chi connectivity index (χ4v) is 3.62. The molecule has 1 heterocycles. The van der Waals surface area contributed by atoms with Gasteiger partial charge in [0.05, 0.1) is 5.69 Å². The van der Waals surface area contributed by atoms with Crippen molar-refractivity contribution in [2.24, 2.45) is 0 Å². The van der Waals surface area contributed by atoms with Gasteiger partial charge in [0.2, 0.25) is 0 Å². The molecule has 0 aliphatic rings. The molecular formula is C24H18FN3O2S. The largest absolute Gasteiger partial charge is 0.322 e. The zero-order chi connectivity index (χ0) is 21.8. The number of rotatable bonds is 5. The lowest BCUT2D eigenvalue weighted by molar-refractivity contribution is 0.102. The van der Waals surface area contributed by atoms with Gasteiger partial charge >= 0.3 is 0 Å². The number of halogens is 1. The van der Waals surface area contributed by atoms with Crippen molar-refractivity contribution in [3.8, 4) is 5.69 Å². The standard InChI is InChI=1S/C24H18FN3O2S/c1-16-2-12-21(13-3-16)31-22-14-15-23(29)28(27-22)20-10-4-17(5-11-20)24(30)26-19-8-6-18(25)7-9-19/h2-15H,1H3,(H,26,30). The number of anilines is 1. The molecule has 0 radical (unpaired) electrons. The second-order valence-corrected chi connectivity index (χ2v) is 7.94. The minimum Gasteiger partial charge on any atom is -0.322 e. The first-order valence-electron chi connectivity index (χ1n) is 9.50. The number of hydrogen-bond donors (Lipinski definition) is 1. The molecule has 5 nitrogen and oxygen atoms in total. The number of nitrogens with one attached hydrogen (secondary N) is 1. The maximum absolute atomic E-state index is 13.0. The average Bonchev–Trinajstić information content (AvgIpc) is 2.78. The van der Waals surface area contributed by atoms with Crippen LogP contribution in [-0.4, -0.2) is 15.7 Å². The molecule has 0 aliphatic carbocycles. The fraction of sp³-hybridized carbons (Fsp3) is 0.0417. The van der Waals surface area contributed by atoms with Crippen LogP contribution in [0.3, 0.4) is 0 Å². The van der Waals surface area contributed by atoms with E-state index in [1.807, 2.05) is 31.2 Å². The van der Waals surface area contributed by atoms with E-state index in [0.29, 0.717) is 22.0 Å². The van der Waals surface area contributed by atoms with E-state index in [1.165, 1.54) is 52.3 Å². The summed E-state index contributed by atoms with van der Waals surface area (Å²) in [5.74, 6) is -0.704. The predicted molar refractivity (Wildman–Crippen MR) is 119 cm³/mol. The molecule has 0 saturated carbocycles. The van der Waals surface area contributed by atoms with Gasteiger partial charge < -0.3 is 5.32 Å². The monoisotopic (exact) mass is 431 g/mol. The van der Waals surface area contributed by atoms with Crippen LogP contribution in [-0.2, 0) is 0 Å². The molecule has 0 unspecified atom stereocenters. The van der Waals surface area contributed by atoms with Crippen molar-refractivity contribution in [1.29, 1.82) is 0 Å². The number of amides is 1. The van der Waals surface area contributed by atoms with E-state index >= 15 is 0 Å². The summed E-state index contributed by atoms with van der Waals surface area (Å²) in [5, 5.41) is 7.83. The molecular weight excluding hydrogens is 413 g/mol. The molecule has 3 aromatic carbocycles. The number of carbonyl (C=O) groups is 1. The van der Waals surface area contributed by atoms with E-state index in [1.54, 1.807) is 30.3 Å². The Morgan fingerprint density at radius 1 is 0.903 bits per heavy atom. The van der Waals surface area contributed by atoms with E-state index in [-0.39, 0.29) is 17.3 Å². The Kier molecular flexibility index (Phi) is 5.95. The van der Waals surface area contributed by atoms with Crippen LogP contribution in [0.2, 0.25) is 0 Å². The van der Waals surface area contributed by atoms with Gasteiger partial charge in [-0.25, -0.2) is 4.39 Å². The van der Waals surface area contributed by atoms with Crippen molar-refractivity contribution in [2.75, 3.05) is 5.32 Å². The Bertz CT molecular complexity index is 1270. The first-order chi connectivity index (χ1) is 15.0. The average molecular weight is 431 g/mol. The van der Waals surface area contributed by atoms with E-state index < -0.39 is 0 Å². The molecule has 0 aliphatic heterocycles. The Morgan fingerprint density at radius 3 is 2.26 bits per heavy atom. The lowest BCUT2D eigenvalue weighted by atomic mass is 10.2. The summed E-state index contributed by atoms with van der Waals surface area (Å²) in [6.07, 6.45) is 0. The summed E-state index contributed by atoms with van der Waals surface area (Å²) >= 11 is 1.46. The second kappa shape index (κ2) is 8.97. The van der Waals surface area contributed by atoms with Gasteiger partial charge in [-0.15, -0.1) is 0 Å². The van der Waals surface area contributed by atoms with Gasteiger partial charge in [0.25, 0.3) is 11.5 Å². The summed E-state index contributed by atoms with van der Waals surface area (Å²) in [6, 6.07) is 23.3. The van der Waals surface area contributed by atoms with Crippen LogP contribution >= 0.6 is 11.8 Å². The van der Waals surface area contributed by atoms with E-state index in [4.69, 9.17) is 0 Å². The first kappa shape index (κ1) is 20.6. The fourth-order valence-electron chi connectivity index (χ4n) is 2.85. The molecule has 31 heavy (non-hydrogen) atoms. The maximum atomic E-state index is 13.0. The molecule has 0 bridgehead atoms. The molecule has 0 fully saturated rings. The SMILES string of the molecule is Cc1ccc(Sc2ccc(=O)n(-c3ccc(C(=O)Nc4ccc(F)cc4)cc3)n2)cc1. The van der Waals surface area contributed by atoms with E-state index in [9.17, 15) is 14.0 Å². The molecule has 0 atom stereocenters. The number of benzene rings is 3. The third-order valence-corrected chi connectivity index (χ3v) is 5.43. The van der Waals surface area contributed by atoms with Gasteiger partial charge in [-0.3, -0.25) is 9.59 Å². The van der Waals surface area contributed by atoms with Crippen molar-refractivity contribution in [3.05, 3.63) is 112 Å². The molecule has 7 heteroatoms. The summed E-state index contributed by atoms with van der Waals surface area (Å²) in [7, 11) is 0. The zero-order valence-electron chi connectivity index (χ0n) is 16.6. The van der Waals surface area contributed by atoms with Crippen molar-refractivity contribution in [2.45, 2.75) is 16.8 Å². The van der Waals surface area contributed by atoms with Crippen LogP contribution in [0.1, 0.15) is 15.9 Å². The second-order valence-electron chi connectivity index (χ2n) is 6.84. The highest BCUT2D eigenvalue weighted by Gasteiger charge is 2.09. The smallest absolute Gasteiger partial charge is 0.271 e. The van der Waals surface area contributed by atoms with Crippen LogP contribution in [0.25, 0.3) is 5.69 Å². The van der Waals surface area contributed by atoms with Crippen molar-refractivity contribution in [3.63, 3.8) is 0 Å². The number of hydrogen-bond acceptors (Lipinski definition) is 4. The minimum absolute atomic E-state index is 0.267. The van der Waals surface area contributed by atoms with Crippen LogP contribution < -0.4 is 10.9 Å². The summed E-state index contributed by atoms with van der Waals surface area (Å²) in [4.78, 5) is 25.8. The number of carbonyl (C=O) groups excluding carboxylic acids is 1. The molecule has 154 valence electrons. The van der Waals surface area contributed by atoms with Gasteiger partial charge in [-0.1, -0.05) is 29.5 Å². The Labute approximate surface area is 182 Å². The molecule has 4 aromatic rings. The maximum Gasteiger partial charge on any atom is 0.271 e. The van der Waals surface area contributed by atoms with Crippen LogP contribution in [0.5, 0.6) is 0 Å². The number of aromatic nitrogens is 2. The molecule has 0 saturated heterocycles. The normalized spacial score (nSPS) is 10.6. The van der Waals surface area contributed by atoms with Crippen molar-refractivity contribution < 1.29 is 9.18 Å². The predicted octanol–water partition coefficient (Wildman–Crippen LogP) is 5.08. The molecule has 1 N–H and O–H groups in total. The Morgan fingerprint density at radius 2 is 1.58 bits per heavy atom. The summed E-state index contributed by atoms with van der Waals surface area (Å²) in [5.41, 5.74) is 2.36. The molecule has 1 amide bonds. The Hall–Kier alpha value is -3.71. The van der Waals surface area contributed by atoms with Gasteiger partial charge in [-0.2, -0.15) is 9.78 Å². The quantitative estimate of drug-likeness (QED) is 0.478. The number of aryl methyl sites for hydroxylation is 1. The molecule has 4 rings (SSSR count). The first-order valence-corrected chi connectivity index (χ1v) is 10.3. The third kappa shape index (κ3) is 5.07. The van der Waals surface area contributed by atoms with Crippen molar-refractivity contribution in [1.82, 2.24) is 9.78 Å². The lowest BCUT2D eigenvalue weighted by Crippen LogP contribution is -2.20. The van der Waals surface area contributed by atoms with E-state index in [0.717, 1.165) is 4.90 Å². The summed E-state index contributed by atoms with van der Waals surface area (Å²) in [6.45, 7) is 2.02. The lowest BCUT2D eigenvalue weighted by Gasteiger charge is -2.09. The molecule has 0 spiro atoms.